The highest BCUT2D eigenvalue weighted by molar-refractivity contribution is 6.22. The highest BCUT2D eigenvalue weighted by Crippen LogP contribution is 2.46. The van der Waals surface area contributed by atoms with Crippen molar-refractivity contribution in [2.24, 2.45) is 0 Å². The second kappa shape index (κ2) is 9.83. The van der Waals surface area contributed by atoms with Crippen molar-refractivity contribution in [3.05, 3.63) is 151 Å². The average molecular weight is 577 g/mol. The van der Waals surface area contributed by atoms with Crippen LogP contribution in [0.3, 0.4) is 0 Å². The zero-order valence-corrected chi connectivity index (χ0v) is 24.8. The van der Waals surface area contributed by atoms with Crippen LogP contribution in [-0.2, 0) is 0 Å². The smallest absolute Gasteiger partial charge is 0.143 e. The van der Waals surface area contributed by atoms with Crippen molar-refractivity contribution >= 4 is 60.5 Å². The van der Waals surface area contributed by atoms with Gasteiger partial charge in [-0.15, -0.1) is 0 Å². The van der Waals surface area contributed by atoms with Gasteiger partial charge in [-0.05, 0) is 75.0 Å². The van der Waals surface area contributed by atoms with Gasteiger partial charge in [-0.2, -0.15) is 0 Å². The first kappa shape index (κ1) is 25.6. The quantitative estimate of drug-likeness (QED) is 0.195. The maximum atomic E-state index is 6.61. The van der Waals surface area contributed by atoms with E-state index in [1.807, 2.05) is 18.2 Å². The number of para-hydroxylation sites is 1. The predicted molar refractivity (Wildman–Crippen MR) is 190 cm³/mol. The van der Waals surface area contributed by atoms with Gasteiger partial charge in [0.1, 0.15) is 22.5 Å². The Morgan fingerprint density at radius 1 is 0.489 bits per heavy atom. The van der Waals surface area contributed by atoms with Crippen molar-refractivity contribution < 1.29 is 8.83 Å². The van der Waals surface area contributed by atoms with Crippen LogP contribution in [0.5, 0.6) is 0 Å². The Morgan fingerprint density at radius 3 is 1.73 bits per heavy atom. The van der Waals surface area contributed by atoms with Gasteiger partial charge in [0.2, 0.25) is 0 Å². The molecule has 9 rings (SSSR count). The van der Waals surface area contributed by atoms with Crippen LogP contribution in [0.4, 0.5) is 0 Å². The predicted octanol–water partition coefficient (Wildman–Crippen LogP) is 12.6. The fraction of sp³-hybridized carbons (Fsp3) is 0.0233. The first-order valence-electron chi connectivity index (χ1n) is 15.3. The first-order valence-corrected chi connectivity index (χ1v) is 15.3. The third-order valence-corrected chi connectivity index (χ3v) is 9.25. The van der Waals surface area contributed by atoms with Crippen molar-refractivity contribution in [2.75, 3.05) is 0 Å². The molecule has 0 N–H and O–H groups in total. The normalized spacial score (nSPS) is 11.8. The maximum Gasteiger partial charge on any atom is 0.143 e. The average Bonchev–Trinajstić information content (AvgIpc) is 3.66. The summed E-state index contributed by atoms with van der Waals surface area (Å²) in [6, 6.07) is 47.3. The van der Waals surface area contributed by atoms with Gasteiger partial charge in [0.05, 0.1) is 0 Å². The molecule has 0 amide bonds. The van der Waals surface area contributed by atoms with Crippen molar-refractivity contribution in [3.63, 3.8) is 0 Å². The van der Waals surface area contributed by atoms with Crippen molar-refractivity contribution in [1.29, 1.82) is 0 Å². The van der Waals surface area contributed by atoms with E-state index in [1.54, 1.807) is 0 Å². The van der Waals surface area contributed by atoms with Crippen molar-refractivity contribution in [1.82, 2.24) is 0 Å². The van der Waals surface area contributed by atoms with Crippen LogP contribution < -0.4 is 0 Å². The van der Waals surface area contributed by atoms with Crippen LogP contribution in [0, 0.1) is 6.92 Å². The molecule has 0 atom stereocenters. The minimum atomic E-state index is 0.811. The largest absolute Gasteiger partial charge is 0.456 e. The van der Waals surface area contributed by atoms with Gasteiger partial charge in [-0.3, -0.25) is 0 Å². The van der Waals surface area contributed by atoms with Gasteiger partial charge in [-0.1, -0.05) is 122 Å². The number of hydrogen-bond donors (Lipinski definition) is 0. The Kier molecular flexibility index (Phi) is 5.60. The molecule has 2 heteroatoms. The third-order valence-electron chi connectivity index (χ3n) is 9.25. The first-order chi connectivity index (χ1) is 22.2. The Balaban J connectivity index is 1.29. The summed E-state index contributed by atoms with van der Waals surface area (Å²) in [5.74, 6) is 0.811. The number of fused-ring (bicyclic) bond motifs is 6. The standard InChI is InChI=1S/C43H28O2/c1-3-29-37-25-28(21-24-39(37)45-43(29)30-22-23-36-31-15-11-12-20-38(31)44-42(36)26(30)2)41-34-18-9-7-16-32(34)40(27-13-5-4-6-14-27)33-17-8-10-19-35(33)41/h3-25H,1H2,2H3. The van der Waals surface area contributed by atoms with Gasteiger partial charge in [0, 0.05) is 32.8 Å². The Labute approximate surface area is 260 Å². The van der Waals surface area contributed by atoms with Crippen LogP contribution in [0.25, 0.3) is 94.1 Å². The zero-order valence-electron chi connectivity index (χ0n) is 24.8. The van der Waals surface area contributed by atoms with E-state index >= 15 is 0 Å². The molecule has 2 aromatic heterocycles. The molecule has 0 spiro atoms. The summed E-state index contributed by atoms with van der Waals surface area (Å²) in [7, 11) is 0. The van der Waals surface area contributed by atoms with Crippen LogP contribution >= 0.6 is 0 Å². The molecule has 0 aliphatic rings. The Hall–Kier alpha value is -5.86. The lowest BCUT2D eigenvalue weighted by Gasteiger charge is -2.17. The second-order valence-electron chi connectivity index (χ2n) is 11.7. The molecule has 0 unspecified atom stereocenters. The lowest BCUT2D eigenvalue weighted by Crippen LogP contribution is -1.90. The zero-order chi connectivity index (χ0) is 30.1. The van der Waals surface area contributed by atoms with Crippen LogP contribution in [0.15, 0.2) is 149 Å². The number of hydrogen-bond acceptors (Lipinski definition) is 2. The molecule has 0 aliphatic carbocycles. The number of rotatable bonds is 4. The van der Waals surface area contributed by atoms with Gasteiger partial charge >= 0.3 is 0 Å². The fourth-order valence-corrected chi connectivity index (χ4v) is 7.20. The summed E-state index contributed by atoms with van der Waals surface area (Å²) < 4.78 is 12.9. The Morgan fingerprint density at radius 2 is 1.07 bits per heavy atom. The van der Waals surface area contributed by atoms with E-state index in [0.29, 0.717) is 0 Å². The molecule has 9 aromatic rings. The van der Waals surface area contributed by atoms with Crippen LogP contribution in [0.2, 0.25) is 0 Å². The number of furan rings is 2. The Bertz CT molecular complexity index is 2560. The maximum absolute atomic E-state index is 6.61. The summed E-state index contributed by atoms with van der Waals surface area (Å²) in [5.41, 5.74) is 10.5. The minimum absolute atomic E-state index is 0.811. The molecule has 212 valence electrons. The highest BCUT2D eigenvalue weighted by Gasteiger charge is 2.21. The molecule has 2 nitrogen and oxygen atoms in total. The third kappa shape index (κ3) is 3.76. The molecule has 0 saturated carbocycles. The van der Waals surface area contributed by atoms with E-state index in [2.05, 4.69) is 135 Å². The van der Waals surface area contributed by atoms with E-state index < -0.39 is 0 Å². The second-order valence-corrected chi connectivity index (χ2v) is 11.7. The van der Waals surface area contributed by atoms with Gasteiger partial charge < -0.3 is 8.83 Å². The van der Waals surface area contributed by atoms with E-state index in [9.17, 15) is 0 Å². The molecule has 2 heterocycles. The molecular formula is C43H28O2. The van der Waals surface area contributed by atoms with Crippen LogP contribution in [-0.4, -0.2) is 0 Å². The van der Waals surface area contributed by atoms with Crippen molar-refractivity contribution in [2.45, 2.75) is 6.92 Å². The van der Waals surface area contributed by atoms with Gasteiger partial charge in [0.25, 0.3) is 0 Å². The number of benzene rings is 7. The van der Waals surface area contributed by atoms with Crippen molar-refractivity contribution in [3.8, 4) is 33.6 Å². The van der Waals surface area contributed by atoms with E-state index in [0.717, 1.165) is 60.9 Å². The lowest BCUT2D eigenvalue weighted by atomic mass is 9.85. The summed E-state index contributed by atoms with van der Waals surface area (Å²) in [6.45, 7) is 6.34. The van der Waals surface area contributed by atoms with E-state index in [-0.39, 0.29) is 0 Å². The minimum Gasteiger partial charge on any atom is -0.456 e. The summed E-state index contributed by atoms with van der Waals surface area (Å²) in [5, 5.41) is 8.21. The van der Waals surface area contributed by atoms with Crippen LogP contribution in [0.1, 0.15) is 11.1 Å². The molecule has 0 saturated heterocycles. The number of aryl methyl sites for hydroxylation is 1. The van der Waals surface area contributed by atoms with E-state index in [1.165, 1.54) is 38.2 Å². The topological polar surface area (TPSA) is 26.3 Å². The van der Waals surface area contributed by atoms with Gasteiger partial charge in [-0.25, -0.2) is 0 Å². The highest BCUT2D eigenvalue weighted by atomic mass is 16.3. The molecule has 7 aromatic carbocycles. The summed E-state index contributed by atoms with van der Waals surface area (Å²) in [6.07, 6.45) is 1.92. The monoisotopic (exact) mass is 576 g/mol. The molecular weight excluding hydrogens is 548 g/mol. The summed E-state index contributed by atoms with van der Waals surface area (Å²) in [4.78, 5) is 0. The fourth-order valence-electron chi connectivity index (χ4n) is 7.20. The molecule has 0 radical (unpaired) electrons. The lowest BCUT2D eigenvalue weighted by molar-refractivity contribution is 0.629. The van der Waals surface area contributed by atoms with Gasteiger partial charge in [0.15, 0.2) is 0 Å². The molecule has 0 aliphatic heterocycles. The molecule has 0 bridgehead atoms. The van der Waals surface area contributed by atoms with E-state index in [4.69, 9.17) is 8.83 Å². The molecule has 45 heavy (non-hydrogen) atoms. The summed E-state index contributed by atoms with van der Waals surface area (Å²) >= 11 is 0. The SMILES string of the molecule is C=Cc1c(-c2ccc3c(oc4ccccc43)c2C)oc2ccc(-c3c4ccccc4c(-c4ccccc4)c4ccccc34)cc12. The molecule has 0 fully saturated rings.